The maximum absolute atomic E-state index is 13.3. The molecule has 0 atom stereocenters. The molecule has 0 aliphatic carbocycles. The molecule has 2 aromatic rings. The Kier molecular flexibility index (Phi) is 4.98. The lowest BCUT2D eigenvalue weighted by atomic mass is 10.1. The van der Waals surface area contributed by atoms with Crippen LogP contribution in [0.3, 0.4) is 0 Å². The van der Waals surface area contributed by atoms with E-state index in [1.807, 2.05) is 4.72 Å². The molecule has 0 radical (unpaired) electrons. The van der Waals surface area contributed by atoms with Crippen LogP contribution in [0.2, 0.25) is 0 Å². The summed E-state index contributed by atoms with van der Waals surface area (Å²) >= 11 is 0. The predicted octanol–water partition coefficient (Wildman–Crippen LogP) is -0.727. The fourth-order valence-corrected chi connectivity index (χ4v) is 2.07. The number of hydrogen-bond donors (Lipinski definition) is 4. The third-order valence-corrected chi connectivity index (χ3v) is 3.28. The summed E-state index contributed by atoms with van der Waals surface area (Å²) in [6, 6.07) is 3.03. The minimum atomic E-state index is -3.85. The van der Waals surface area contributed by atoms with Crippen LogP contribution in [0.25, 0.3) is 11.3 Å². The van der Waals surface area contributed by atoms with Crippen molar-refractivity contribution < 1.29 is 22.0 Å². The van der Waals surface area contributed by atoms with Crippen LogP contribution in [0, 0.1) is 11.6 Å². The Bertz CT molecular complexity index is 823. The number of aromatic nitrogens is 3. The summed E-state index contributed by atoms with van der Waals surface area (Å²) in [5.74, 6) is -2.79. The number of benzene rings is 1. The molecule has 2 rings (SSSR count). The zero-order valence-electron chi connectivity index (χ0n) is 11.5. The van der Waals surface area contributed by atoms with Gasteiger partial charge in [0.15, 0.2) is 17.3 Å². The Balaban J connectivity index is 2.08. The molecular formula is C11H12F2N6O3S. The molecule has 1 amide bonds. The van der Waals surface area contributed by atoms with Gasteiger partial charge in [0.2, 0.25) is 0 Å². The van der Waals surface area contributed by atoms with Gasteiger partial charge in [-0.1, -0.05) is 0 Å². The monoisotopic (exact) mass is 346 g/mol. The molecule has 5 N–H and O–H groups in total. The number of carbonyl (C=O) groups excluding carboxylic acids is 1. The molecule has 0 spiro atoms. The number of nitrogens with zero attached hydrogens (tertiary/aromatic N) is 2. The van der Waals surface area contributed by atoms with Crippen molar-refractivity contribution in [2.45, 2.75) is 0 Å². The summed E-state index contributed by atoms with van der Waals surface area (Å²) in [6.07, 6.45) is 0. The van der Waals surface area contributed by atoms with Crippen LogP contribution in [0.5, 0.6) is 0 Å². The standard InChI is InChI=1S/C11H12F2N6O3S/c12-7-2-1-6(5-8(7)13)9-10(18-19-17-9)11(20)15-3-4-16-23(14,21)22/h1-2,5,16H,3-4H2,(H,15,20)(H2,14,21,22)(H,17,18,19). The Hall–Kier alpha value is -2.44. The molecule has 9 nitrogen and oxygen atoms in total. The fraction of sp³-hybridized carbons (Fsp3) is 0.182. The highest BCUT2D eigenvalue weighted by Crippen LogP contribution is 2.21. The Labute approximate surface area is 129 Å². The number of nitrogens with one attached hydrogen (secondary N) is 3. The first-order valence-electron chi connectivity index (χ1n) is 6.19. The fourth-order valence-electron chi connectivity index (χ4n) is 1.69. The maximum Gasteiger partial charge on any atom is 0.274 e. The van der Waals surface area contributed by atoms with E-state index < -0.39 is 27.8 Å². The van der Waals surface area contributed by atoms with Crippen LogP contribution in [0.15, 0.2) is 18.2 Å². The first kappa shape index (κ1) is 16.9. The summed E-state index contributed by atoms with van der Waals surface area (Å²) in [7, 11) is -3.85. The number of rotatable bonds is 6. The molecule has 0 saturated heterocycles. The van der Waals surface area contributed by atoms with Crippen LogP contribution in [-0.4, -0.2) is 42.8 Å². The lowest BCUT2D eigenvalue weighted by Gasteiger charge is -2.05. The van der Waals surface area contributed by atoms with Crippen molar-refractivity contribution in [2.24, 2.45) is 5.14 Å². The smallest absolute Gasteiger partial charge is 0.274 e. The van der Waals surface area contributed by atoms with Gasteiger partial charge in [-0.15, -0.1) is 0 Å². The molecule has 124 valence electrons. The molecule has 1 aromatic carbocycles. The van der Waals surface area contributed by atoms with Crippen LogP contribution in [-0.2, 0) is 10.2 Å². The minimum Gasteiger partial charge on any atom is -0.349 e. The molecule has 1 aromatic heterocycles. The molecule has 0 unspecified atom stereocenters. The van der Waals surface area contributed by atoms with Crippen molar-refractivity contribution in [3.8, 4) is 11.3 Å². The van der Waals surface area contributed by atoms with E-state index in [1.165, 1.54) is 6.07 Å². The number of halogens is 2. The predicted molar refractivity (Wildman–Crippen MR) is 75.2 cm³/mol. The third kappa shape index (κ3) is 4.51. The van der Waals surface area contributed by atoms with Gasteiger partial charge in [0.1, 0.15) is 5.69 Å². The van der Waals surface area contributed by atoms with E-state index in [1.54, 1.807) is 0 Å². The van der Waals surface area contributed by atoms with Gasteiger partial charge in [-0.05, 0) is 18.2 Å². The van der Waals surface area contributed by atoms with E-state index in [2.05, 4.69) is 20.7 Å². The number of H-pyrrole nitrogens is 1. The van der Waals surface area contributed by atoms with E-state index in [-0.39, 0.29) is 30.0 Å². The molecule has 0 aliphatic heterocycles. The van der Waals surface area contributed by atoms with E-state index in [4.69, 9.17) is 5.14 Å². The number of aromatic amines is 1. The first-order chi connectivity index (χ1) is 10.8. The molecule has 0 saturated carbocycles. The van der Waals surface area contributed by atoms with Crippen molar-refractivity contribution in [3.05, 3.63) is 35.5 Å². The molecule has 1 heterocycles. The van der Waals surface area contributed by atoms with Crippen LogP contribution in [0.4, 0.5) is 8.78 Å². The van der Waals surface area contributed by atoms with Crippen molar-refractivity contribution in [3.63, 3.8) is 0 Å². The number of amides is 1. The molecule has 0 aliphatic rings. The van der Waals surface area contributed by atoms with Crippen molar-refractivity contribution in [1.82, 2.24) is 25.4 Å². The maximum atomic E-state index is 13.3. The Morgan fingerprint density at radius 1 is 1.22 bits per heavy atom. The number of carbonyl (C=O) groups is 1. The summed E-state index contributed by atoms with van der Waals surface area (Å²) in [6.45, 7) is -0.178. The molecular weight excluding hydrogens is 334 g/mol. The highest BCUT2D eigenvalue weighted by Gasteiger charge is 2.18. The first-order valence-corrected chi connectivity index (χ1v) is 7.74. The van der Waals surface area contributed by atoms with Gasteiger partial charge in [0, 0.05) is 18.7 Å². The lowest BCUT2D eigenvalue weighted by molar-refractivity contribution is 0.0950. The van der Waals surface area contributed by atoms with Gasteiger partial charge < -0.3 is 5.32 Å². The Morgan fingerprint density at radius 3 is 2.61 bits per heavy atom. The topological polar surface area (TPSA) is 143 Å². The van der Waals surface area contributed by atoms with Crippen molar-refractivity contribution >= 4 is 16.1 Å². The SMILES string of the molecule is NS(=O)(=O)NCCNC(=O)c1n[nH]nc1-c1ccc(F)c(F)c1. The van der Waals surface area contributed by atoms with Crippen molar-refractivity contribution in [2.75, 3.05) is 13.1 Å². The van der Waals surface area contributed by atoms with E-state index in [0.717, 1.165) is 12.1 Å². The summed E-state index contributed by atoms with van der Waals surface area (Å²) in [5.41, 5.74) is 0.0397. The van der Waals surface area contributed by atoms with Crippen LogP contribution >= 0.6 is 0 Å². The number of nitrogens with two attached hydrogens (primary N) is 1. The molecule has 12 heteroatoms. The third-order valence-electron chi connectivity index (χ3n) is 2.67. The lowest BCUT2D eigenvalue weighted by Crippen LogP contribution is -2.38. The van der Waals surface area contributed by atoms with Gasteiger partial charge in [-0.25, -0.2) is 18.6 Å². The highest BCUT2D eigenvalue weighted by molar-refractivity contribution is 7.87. The quantitative estimate of drug-likeness (QED) is 0.510. The van der Waals surface area contributed by atoms with Gasteiger partial charge in [0.05, 0.1) is 0 Å². The second kappa shape index (κ2) is 6.76. The molecule has 0 fully saturated rings. The highest BCUT2D eigenvalue weighted by atomic mass is 32.2. The van der Waals surface area contributed by atoms with Gasteiger partial charge in [-0.3, -0.25) is 4.79 Å². The largest absolute Gasteiger partial charge is 0.349 e. The zero-order valence-corrected chi connectivity index (χ0v) is 12.3. The number of hydrogen-bond acceptors (Lipinski definition) is 5. The Morgan fingerprint density at radius 2 is 1.96 bits per heavy atom. The normalized spacial score (nSPS) is 11.4. The summed E-state index contributed by atoms with van der Waals surface area (Å²) in [4.78, 5) is 12.0. The van der Waals surface area contributed by atoms with E-state index >= 15 is 0 Å². The van der Waals surface area contributed by atoms with Gasteiger partial charge in [-0.2, -0.15) is 23.8 Å². The molecule has 23 heavy (non-hydrogen) atoms. The van der Waals surface area contributed by atoms with E-state index in [0.29, 0.717) is 0 Å². The van der Waals surface area contributed by atoms with Crippen LogP contribution in [0.1, 0.15) is 10.5 Å². The average Bonchev–Trinajstić information content (AvgIpc) is 2.95. The second-order valence-corrected chi connectivity index (χ2v) is 5.72. The minimum absolute atomic E-state index is 0.0285. The van der Waals surface area contributed by atoms with Crippen LogP contribution < -0.4 is 15.2 Å². The van der Waals surface area contributed by atoms with Crippen molar-refractivity contribution in [1.29, 1.82) is 0 Å². The zero-order chi connectivity index (χ0) is 17.0. The summed E-state index contributed by atoms with van der Waals surface area (Å²) < 4.78 is 49.5. The van der Waals surface area contributed by atoms with E-state index in [9.17, 15) is 22.0 Å². The second-order valence-electron chi connectivity index (χ2n) is 4.34. The van der Waals surface area contributed by atoms with Gasteiger partial charge in [0.25, 0.3) is 16.1 Å². The molecule has 0 bridgehead atoms. The average molecular weight is 346 g/mol. The van der Waals surface area contributed by atoms with Gasteiger partial charge >= 0.3 is 0 Å². The summed E-state index contributed by atoms with van der Waals surface area (Å²) in [5, 5.41) is 16.7.